The topological polar surface area (TPSA) is 92.8 Å². The number of hydrogen-bond donors (Lipinski definition) is 2. The Morgan fingerprint density at radius 3 is 2.42 bits per heavy atom. The number of amides is 1. The third-order valence-corrected chi connectivity index (χ3v) is 6.91. The van der Waals surface area contributed by atoms with Crippen LogP contribution in [0.3, 0.4) is 0 Å². The quantitative estimate of drug-likeness (QED) is 0.0873. The van der Waals surface area contributed by atoms with Gasteiger partial charge in [-0.1, -0.05) is 77.3 Å². The molecule has 0 aliphatic carbocycles. The van der Waals surface area contributed by atoms with Crippen molar-refractivity contribution in [3.05, 3.63) is 117 Å². The van der Waals surface area contributed by atoms with Crippen molar-refractivity contribution in [2.24, 2.45) is 5.10 Å². The van der Waals surface area contributed by atoms with E-state index in [2.05, 4.69) is 15.5 Å². The molecule has 0 aliphatic rings. The molecule has 1 heterocycles. The normalized spacial score (nSPS) is 11.1. The van der Waals surface area contributed by atoms with E-state index in [1.54, 1.807) is 54.6 Å². The van der Waals surface area contributed by atoms with E-state index < -0.39 is 11.9 Å². The number of ether oxygens (including phenoxy) is 2. The van der Waals surface area contributed by atoms with Gasteiger partial charge < -0.3 is 14.5 Å². The highest BCUT2D eigenvalue weighted by molar-refractivity contribution is 6.37. The molecule has 0 atom stereocenters. The highest BCUT2D eigenvalue weighted by Crippen LogP contribution is 2.38. The molecule has 5 aromatic rings. The van der Waals surface area contributed by atoms with Gasteiger partial charge in [-0.15, -0.1) is 0 Å². The SMILES string of the molecule is COc1ccc(Cl)cc1C(=O)Oc1ccccc1C=NNC(=O)c1[nH]c2c(Cl)cccc2c1-c1ccccc1Cl. The van der Waals surface area contributed by atoms with Gasteiger partial charge in [0, 0.05) is 32.1 Å². The molecule has 0 aliphatic heterocycles. The largest absolute Gasteiger partial charge is 0.496 e. The van der Waals surface area contributed by atoms with Gasteiger partial charge in [-0.3, -0.25) is 4.79 Å². The highest BCUT2D eigenvalue weighted by Gasteiger charge is 2.22. The van der Waals surface area contributed by atoms with Crippen molar-refractivity contribution >= 4 is 63.8 Å². The molecular weight excluding hydrogens is 573 g/mol. The monoisotopic (exact) mass is 591 g/mol. The van der Waals surface area contributed by atoms with Crippen LogP contribution in [0.1, 0.15) is 26.4 Å². The molecule has 0 unspecified atom stereocenters. The maximum Gasteiger partial charge on any atom is 0.347 e. The minimum absolute atomic E-state index is 0.166. The zero-order valence-electron chi connectivity index (χ0n) is 20.9. The van der Waals surface area contributed by atoms with Crippen molar-refractivity contribution in [1.29, 1.82) is 0 Å². The molecular formula is C30H20Cl3N3O4. The number of para-hydroxylation sites is 2. The summed E-state index contributed by atoms with van der Waals surface area (Å²) in [6.07, 6.45) is 1.38. The maximum absolute atomic E-state index is 13.3. The van der Waals surface area contributed by atoms with Crippen LogP contribution in [0.15, 0.2) is 90.0 Å². The number of halogens is 3. The van der Waals surface area contributed by atoms with E-state index in [0.29, 0.717) is 43.0 Å². The van der Waals surface area contributed by atoms with Crippen LogP contribution in [-0.4, -0.2) is 30.2 Å². The smallest absolute Gasteiger partial charge is 0.347 e. The number of benzene rings is 4. The van der Waals surface area contributed by atoms with E-state index in [-0.39, 0.29) is 17.0 Å². The first-order valence-electron chi connectivity index (χ1n) is 11.9. The van der Waals surface area contributed by atoms with Gasteiger partial charge >= 0.3 is 5.97 Å². The molecule has 7 nitrogen and oxygen atoms in total. The molecule has 0 saturated heterocycles. The standard InChI is InChI=1S/C30H20Cl3N3O4/c1-39-25-14-13-18(31)15-21(25)30(38)40-24-12-5-2-7-17(24)16-34-36-29(37)28-26(19-8-3-4-10-22(19)32)20-9-6-11-23(33)27(20)35-28/h2-16,35H,1H3,(H,36,37). The Morgan fingerprint density at radius 2 is 1.62 bits per heavy atom. The summed E-state index contributed by atoms with van der Waals surface area (Å²) in [5, 5.41) is 6.15. The number of esters is 1. The Bertz CT molecular complexity index is 1780. The second-order valence-electron chi connectivity index (χ2n) is 8.49. The second-order valence-corrected chi connectivity index (χ2v) is 9.74. The number of H-pyrrole nitrogens is 1. The first-order valence-corrected chi connectivity index (χ1v) is 13.0. The fourth-order valence-corrected chi connectivity index (χ4v) is 4.81. The number of carbonyl (C=O) groups excluding carboxylic acids is 2. The van der Waals surface area contributed by atoms with Gasteiger partial charge in [0.15, 0.2) is 0 Å². The van der Waals surface area contributed by atoms with Crippen molar-refractivity contribution in [2.45, 2.75) is 0 Å². The lowest BCUT2D eigenvalue weighted by molar-refractivity contribution is 0.0730. The summed E-state index contributed by atoms with van der Waals surface area (Å²) in [7, 11) is 1.45. The third-order valence-electron chi connectivity index (χ3n) is 6.03. The number of nitrogens with zero attached hydrogens (tertiary/aromatic N) is 1. The molecule has 2 N–H and O–H groups in total. The summed E-state index contributed by atoms with van der Waals surface area (Å²) in [6.45, 7) is 0. The molecule has 0 fully saturated rings. The Labute approximate surface area is 244 Å². The van der Waals surface area contributed by atoms with Crippen molar-refractivity contribution in [1.82, 2.24) is 10.4 Å². The number of hydrogen-bond acceptors (Lipinski definition) is 5. The van der Waals surface area contributed by atoms with E-state index >= 15 is 0 Å². The molecule has 4 aromatic carbocycles. The number of methoxy groups -OCH3 is 1. The number of aromatic amines is 1. The van der Waals surface area contributed by atoms with Crippen LogP contribution < -0.4 is 14.9 Å². The molecule has 1 amide bonds. The van der Waals surface area contributed by atoms with Gasteiger partial charge in [0.2, 0.25) is 0 Å². The van der Waals surface area contributed by atoms with E-state index in [9.17, 15) is 9.59 Å². The lowest BCUT2D eigenvalue weighted by Crippen LogP contribution is -2.19. The van der Waals surface area contributed by atoms with E-state index in [4.69, 9.17) is 44.3 Å². The van der Waals surface area contributed by atoms with Crippen LogP contribution in [0.4, 0.5) is 0 Å². The Hall–Kier alpha value is -4.30. The van der Waals surface area contributed by atoms with Crippen LogP contribution in [0.2, 0.25) is 15.1 Å². The van der Waals surface area contributed by atoms with Gasteiger partial charge in [-0.05, 0) is 42.5 Å². The molecule has 40 heavy (non-hydrogen) atoms. The lowest BCUT2D eigenvalue weighted by Gasteiger charge is -2.10. The summed E-state index contributed by atoms with van der Waals surface area (Å²) in [5.41, 5.74) is 5.25. The molecule has 1 aromatic heterocycles. The van der Waals surface area contributed by atoms with Gasteiger partial charge in [-0.2, -0.15) is 5.10 Å². The Morgan fingerprint density at radius 1 is 0.875 bits per heavy atom. The molecule has 10 heteroatoms. The minimum Gasteiger partial charge on any atom is -0.496 e. The molecule has 5 rings (SSSR count). The molecule has 0 radical (unpaired) electrons. The fourth-order valence-electron chi connectivity index (χ4n) is 4.19. The predicted molar refractivity (Wildman–Crippen MR) is 158 cm³/mol. The first kappa shape index (κ1) is 27.3. The van der Waals surface area contributed by atoms with Gasteiger partial charge in [0.25, 0.3) is 5.91 Å². The number of aromatic nitrogens is 1. The van der Waals surface area contributed by atoms with Crippen LogP contribution in [0.25, 0.3) is 22.0 Å². The lowest BCUT2D eigenvalue weighted by atomic mass is 10.0. The Kier molecular flexibility index (Phi) is 8.07. The fraction of sp³-hybridized carbons (Fsp3) is 0.0333. The van der Waals surface area contributed by atoms with Crippen LogP contribution in [-0.2, 0) is 0 Å². The minimum atomic E-state index is -0.663. The number of hydrazone groups is 1. The van der Waals surface area contributed by atoms with Crippen LogP contribution in [0.5, 0.6) is 11.5 Å². The number of fused-ring (bicyclic) bond motifs is 1. The highest BCUT2D eigenvalue weighted by atomic mass is 35.5. The number of nitrogens with one attached hydrogen (secondary N) is 2. The Balaban J connectivity index is 1.42. The van der Waals surface area contributed by atoms with Crippen molar-refractivity contribution in [2.75, 3.05) is 7.11 Å². The summed E-state index contributed by atoms with van der Waals surface area (Å²) in [4.78, 5) is 29.3. The van der Waals surface area contributed by atoms with Crippen LogP contribution >= 0.6 is 34.8 Å². The van der Waals surface area contributed by atoms with Crippen molar-refractivity contribution in [3.8, 4) is 22.6 Å². The van der Waals surface area contributed by atoms with Crippen molar-refractivity contribution < 1.29 is 19.1 Å². The average molecular weight is 593 g/mol. The summed E-state index contributed by atoms with van der Waals surface area (Å²) < 4.78 is 10.8. The average Bonchev–Trinajstić information content (AvgIpc) is 3.35. The molecule has 0 bridgehead atoms. The summed E-state index contributed by atoms with van der Waals surface area (Å²) in [6, 6.07) is 24.0. The predicted octanol–water partition coefficient (Wildman–Crippen LogP) is 7.79. The van der Waals surface area contributed by atoms with Gasteiger partial charge in [0.05, 0.1) is 23.9 Å². The molecule has 0 spiro atoms. The van der Waals surface area contributed by atoms with E-state index in [1.165, 1.54) is 19.4 Å². The van der Waals surface area contributed by atoms with Crippen LogP contribution in [0, 0.1) is 0 Å². The second kappa shape index (κ2) is 11.8. The zero-order chi connectivity index (χ0) is 28.2. The van der Waals surface area contributed by atoms with Gasteiger partial charge in [-0.25, -0.2) is 10.2 Å². The first-order chi connectivity index (χ1) is 19.4. The number of rotatable bonds is 7. The van der Waals surface area contributed by atoms with E-state index in [0.717, 1.165) is 5.39 Å². The molecule has 0 saturated carbocycles. The van der Waals surface area contributed by atoms with E-state index in [1.807, 2.05) is 24.3 Å². The summed E-state index contributed by atoms with van der Waals surface area (Å²) in [5.74, 6) is -0.637. The maximum atomic E-state index is 13.3. The third kappa shape index (κ3) is 5.53. The number of carbonyl (C=O) groups is 2. The van der Waals surface area contributed by atoms with Crippen molar-refractivity contribution in [3.63, 3.8) is 0 Å². The zero-order valence-corrected chi connectivity index (χ0v) is 23.1. The summed E-state index contributed by atoms with van der Waals surface area (Å²) >= 11 is 18.9. The van der Waals surface area contributed by atoms with Gasteiger partial charge in [0.1, 0.15) is 22.8 Å². The molecule has 200 valence electrons.